The van der Waals surface area contributed by atoms with Gasteiger partial charge < -0.3 is 14.5 Å². The Bertz CT molecular complexity index is 855. The highest BCUT2D eigenvalue weighted by atomic mass is 32.1. The van der Waals surface area contributed by atoms with E-state index in [-0.39, 0.29) is 10.2 Å². The fourth-order valence-electron chi connectivity index (χ4n) is 2.07. The largest absolute Gasteiger partial charge is 0.544 e. The highest BCUT2D eigenvalue weighted by Gasteiger charge is 2.38. The van der Waals surface area contributed by atoms with E-state index < -0.39 is 8.32 Å². The second-order valence-corrected chi connectivity index (χ2v) is 13.0. The summed E-state index contributed by atoms with van der Waals surface area (Å²) >= 11 is 5.22. The van der Waals surface area contributed by atoms with Crippen molar-refractivity contribution >= 4 is 37.1 Å². The van der Waals surface area contributed by atoms with Crippen molar-refractivity contribution in [2.45, 2.75) is 45.5 Å². The lowest BCUT2D eigenvalue weighted by molar-refractivity contribution is 0.300. The maximum absolute atomic E-state index is 8.42. The van der Waals surface area contributed by atoms with Gasteiger partial charge in [-0.25, -0.2) is 0 Å². The first-order valence-electron chi connectivity index (χ1n) is 8.98. The van der Waals surface area contributed by atoms with Crippen LogP contribution >= 0.6 is 12.2 Å². The zero-order valence-electron chi connectivity index (χ0n) is 16.9. The quantitative estimate of drug-likeness (QED) is 0.183. The molecule has 0 aliphatic carbocycles. The van der Waals surface area contributed by atoms with Crippen LogP contribution in [0.2, 0.25) is 18.1 Å². The molecule has 8 heteroatoms. The molecule has 1 N–H and O–H groups in total. The minimum atomic E-state index is -1.84. The fourth-order valence-corrected chi connectivity index (χ4v) is 3.28. The average molecular weight is 415 g/mol. The second kappa shape index (κ2) is 9.10. The molecule has 0 saturated carbocycles. The van der Waals surface area contributed by atoms with E-state index in [1.807, 2.05) is 24.3 Å². The Balaban J connectivity index is 1.87. The number of hydrogen-bond acceptors (Lipinski definition) is 4. The molecule has 0 aliphatic rings. The van der Waals surface area contributed by atoms with Gasteiger partial charge in [0.1, 0.15) is 12.4 Å². The molecule has 0 aliphatic heterocycles. The molecule has 0 atom stereocenters. The van der Waals surface area contributed by atoms with E-state index in [2.05, 4.69) is 49.2 Å². The van der Waals surface area contributed by atoms with Gasteiger partial charge in [-0.15, -0.1) is 0 Å². The van der Waals surface area contributed by atoms with Crippen molar-refractivity contribution in [1.29, 1.82) is 0 Å². The van der Waals surface area contributed by atoms with Crippen molar-refractivity contribution in [2.75, 3.05) is 5.32 Å². The summed E-state index contributed by atoms with van der Waals surface area (Å²) in [6.07, 6.45) is 0. The lowest BCUT2D eigenvalue weighted by Crippen LogP contribution is -2.43. The fraction of sp³-hybridized carbons (Fsp3) is 0.350. The smallest absolute Gasteiger partial charge is 0.261 e. The van der Waals surface area contributed by atoms with Crippen LogP contribution in [0.3, 0.4) is 0 Å². The number of thiocarbonyl (C=S) groups is 1. The van der Waals surface area contributed by atoms with Crippen LogP contribution in [-0.2, 0) is 11.3 Å². The molecule has 148 valence electrons. The van der Waals surface area contributed by atoms with Gasteiger partial charge in [0, 0.05) is 16.3 Å². The van der Waals surface area contributed by atoms with Crippen LogP contribution in [0.1, 0.15) is 26.3 Å². The first-order chi connectivity index (χ1) is 13.1. The first kappa shape index (κ1) is 21.8. The molecule has 6 nitrogen and oxygen atoms in total. The maximum Gasteiger partial charge on any atom is 0.261 e. The van der Waals surface area contributed by atoms with E-state index in [9.17, 15) is 0 Å². The normalized spacial score (nSPS) is 11.3. The summed E-state index contributed by atoms with van der Waals surface area (Å²) in [5.41, 5.74) is 10.7. The minimum absolute atomic E-state index is 0.159. The maximum atomic E-state index is 8.42. The Hall–Kier alpha value is -2.54. The first-order valence-corrected chi connectivity index (χ1v) is 12.3. The summed E-state index contributed by atoms with van der Waals surface area (Å²) in [5.74, 6) is 0.885. The molecular weight excluding hydrogens is 388 g/mol. The number of anilines is 1. The van der Waals surface area contributed by atoms with Crippen molar-refractivity contribution in [3.63, 3.8) is 0 Å². The minimum Gasteiger partial charge on any atom is -0.544 e. The van der Waals surface area contributed by atoms with Gasteiger partial charge in [-0.05, 0) is 65.7 Å². The Kier molecular flexibility index (Phi) is 7.07. The van der Waals surface area contributed by atoms with Crippen molar-refractivity contribution in [2.24, 2.45) is 5.11 Å². The Morgan fingerprint density at radius 3 is 2.25 bits per heavy atom. The van der Waals surface area contributed by atoms with Crippen molar-refractivity contribution < 1.29 is 9.16 Å². The van der Waals surface area contributed by atoms with Crippen molar-refractivity contribution in [3.8, 4) is 5.75 Å². The van der Waals surface area contributed by atoms with E-state index in [1.165, 1.54) is 0 Å². The van der Waals surface area contributed by atoms with Gasteiger partial charge >= 0.3 is 0 Å². The van der Waals surface area contributed by atoms with Gasteiger partial charge in [-0.1, -0.05) is 50.2 Å². The molecule has 0 aromatic heterocycles. The van der Waals surface area contributed by atoms with Gasteiger partial charge in [0.25, 0.3) is 5.17 Å². The molecule has 0 radical (unpaired) electrons. The van der Waals surface area contributed by atoms with Gasteiger partial charge in [0.15, 0.2) is 0 Å². The zero-order chi connectivity index (χ0) is 20.8. The van der Waals surface area contributed by atoms with Gasteiger partial charge in [-0.2, -0.15) is 0 Å². The van der Waals surface area contributed by atoms with Crippen LogP contribution in [0, 0.1) is 0 Å². The third kappa shape index (κ3) is 6.26. The molecule has 0 unspecified atom stereocenters. The van der Waals surface area contributed by atoms with Crippen LogP contribution in [0.5, 0.6) is 5.75 Å². The van der Waals surface area contributed by atoms with E-state index in [0.29, 0.717) is 12.3 Å². The SMILES string of the molecule is CC(C)(C)[Si](C)(C)Oc1ccc(COC(=S)Nc2ccc(N=[N+]=[N-])cc2)cc1. The molecule has 2 aromatic rings. The summed E-state index contributed by atoms with van der Waals surface area (Å²) in [6.45, 7) is 11.5. The second-order valence-electron chi connectivity index (χ2n) is 7.94. The summed E-state index contributed by atoms with van der Waals surface area (Å²) in [5, 5.41) is 6.96. The predicted octanol–water partition coefficient (Wildman–Crippen LogP) is 6.93. The van der Waals surface area contributed by atoms with Gasteiger partial charge in [0.05, 0.1) is 0 Å². The molecule has 0 bridgehead atoms. The lowest BCUT2D eigenvalue weighted by Gasteiger charge is -2.36. The lowest BCUT2D eigenvalue weighted by atomic mass is 10.2. The molecule has 2 rings (SSSR count). The molecule has 0 spiro atoms. The Morgan fingerprint density at radius 1 is 1.11 bits per heavy atom. The number of nitrogens with zero attached hydrogens (tertiary/aromatic N) is 3. The number of azide groups is 1. The summed E-state index contributed by atoms with van der Waals surface area (Å²) in [4.78, 5) is 2.74. The topological polar surface area (TPSA) is 79.2 Å². The van der Waals surface area contributed by atoms with Gasteiger partial charge in [-0.3, -0.25) is 0 Å². The van der Waals surface area contributed by atoms with Crippen LogP contribution < -0.4 is 9.74 Å². The highest BCUT2D eigenvalue weighted by Crippen LogP contribution is 2.37. The third-order valence-electron chi connectivity index (χ3n) is 4.75. The Labute approximate surface area is 172 Å². The monoisotopic (exact) mass is 414 g/mol. The molecule has 0 saturated heterocycles. The molecule has 0 amide bonds. The van der Waals surface area contributed by atoms with Crippen LogP contribution in [0.4, 0.5) is 11.4 Å². The number of nitrogens with one attached hydrogen (secondary N) is 1. The van der Waals surface area contributed by atoms with Gasteiger partial charge in [0.2, 0.25) is 8.32 Å². The zero-order valence-corrected chi connectivity index (χ0v) is 18.7. The average Bonchev–Trinajstić information content (AvgIpc) is 2.62. The van der Waals surface area contributed by atoms with E-state index in [0.717, 1.165) is 17.0 Å². The van der Waals surface area contributed by atoms with Crippen LogP contribution in [0.25, 0.3) is 10.4 Å². The van der Waals surface area contributed by atoms with Crippen molar-refractivity contribution in [1.82, 2.24) is 0 Å². The number of hydrogen-bond donors (Lipinski definition) is 1. The van der Waals surface area contributed by atoms with Crippen LogP contribution in [-0.4, -0.2) is 13.5 Å². The molecular formula is C20H26N4O2SSi. The molecule has 0 heterocycles. The molecule has 28 heavy (non-hydrogen) atoms. The number of ether oxygens (including phenoxy) is 1. The summed E-state index contributed by atoms with van der Waals surface area (Å²) in [7, 11) is -1.84. The third-order valence-corrected chi connectivity index (χ3v) is 9.32. The standard InChI is InChI=1S/C20H26N4O2SSi/c1-20(2,3)28(4,5)26-18-12-6-15(7-13-18)14-25-19(27)22-16-8-10-17(11-9-16)23-24-21/h6-13H,14H2,1-5H3,(H,22,27). The van der Waals surface area contributed by atoms with Crippen LogP contribution in [0.15, 0.2) is 53.6 Å². The number of benzene rings is 2. The Morgan fingerprint density at radius 2 is 1.71 bits per heavy atom. The summed E-state index contributed by atoms with van der Waals surface area (Å²) in [6, 6.07) is 14.9. The van der Waals surface area contributed by atoms with Crippen molar-refractivity contribution in [3.05, 3.63) is 64.5 Å². The highest BCUT2D eigenvalue weighted by molar-refractivity contribution is 7.80. The van der Waals surface area contributed by atoms with E-state index >= 15 is 0 Å². The predicted molar refractivity (Wildman–Crippen MR) is 121 cm³/mol. The summed E-state index contributed by atoms with van der Waals surface area (Å²) < 4.78 is 11.9. The van der Waals surface area contributed by atoms with E-state index in [1.54, 1.807) is 24.3 Å². The number of rotatable bonds is 6. The van der Waals surface area contributed by atoms with E-state index in [4.69, 9.17) is 26.9 Å². The molecule has 0 fully saturated rings. The molecule has 2 aromatic carbocycles.